The summed E-state index contributed by atoms with van der Waals surface area (Å²) in [5.74, 6) is -0.221. The van der Waals surface area contributed by atoms with E-state index < -0.39 is 0 Å². The summed E-state index contributed by atoms with van der Waals surface area (Å²) < 4.78 is 13.4. The van der Waals surface area contributed by atoms with Crippen LogP contribution in [0.4, 0.5) is 4.39 Å². The number of halogens is 1. The van der Waals surface area contributed by atoms with E-state index in [-0.39, 0.29) is 5.82 Å². The average molecular weight is 190 g/mol. The fourth-order valence-corrected chi connectivity index (χ4v) is 1.56. The molecule has 0 aliphatic rings. The van der Waals surface area contributed by atoms with Gasteiger partial charge in [-0.15, -0.1) is 0 Å². The number of pyridine rings is 1. The lowest BCUT2D eigenvalue weighted by atomic mass is 10.1. The molecule has 0 fully saturated rings. The van der Waals surface area contributed by atoms with E-state index in [2.05, 4.69) is 4.98 Å². The van der Waals surface area contributed by atoms with Crippen LogP contribution >= 0.6 is 0 Å². The second-order valence-electron chi connectivity index (χ2n) is 3.14. The molecule has 0 spiro atoms. The molecule has 2 rings (SSSR count). The summed E-state index contributed by atoms with van der Waals surface area (Å²) in [4.78, 5) is 4.17. The van der Waals surface area contributed by atoms with Gasteiger partial charge in [-0.2, -0.15) is 0 Å². The van der Waals surface area contributed by atoms with Crippen LogP contribution < -0.4 is 5.73 Å². The molecule has 1 aromatic carbocycles. The number of hydrogen-bond acceptors (Lipinski definition) is 2. The van der Waals surface area contributed by atoms with E-state index in [1.165, 1.54) is 6.07 Å². The number of hydrogen-bond donors (Lipinski definition) is 1. The van der Waals surface area contributed by atoms with Crippen LogP contribution in [0, 0.1) is 5.82 Å². The first-order valence-corrected chi connectivity index (χ1v) is 4.55. The Morgan fingerprint density at radius 3 is 2.93 bits per heavy atom. The number of nitrogens with zero attached hydrogens (tertiary/aromatic N) is 1. The second kappa shape index (κ2) is 3.72. The highest BCUT2D eigenvalue weighted by atomic mass is 19.1. The highest BCUT2D eigenvalue weighted by Crippen LogP contribution is 2.19. The summed E-state index contributed by atoms with van der Waals surface area (Å²) in [5.41, 5.74) is 6.76. The fraction of sp³-hybridized carbons (Fsp3) is 0.182. The third-order valence-corrected chi connectivity index (χ3v) is 2.22. The second-order valence-corrected chi connectivity index (χ2v) is 3.14. The van der Waals surface area contributed by atoms with Crippen LogP contribution in [0.1, 0.15) is 5.56 Å². The van der Waals surface area contributed by atoms with Crippen LogP contribution in [-0.2, 0) is 6.42 Å². The number of aromatic nitrogens is 1. The van der Waals surface area contributed by atoms with Crippen molar-refractivity contribution in [3.8, 4) is 0 Å². The number of fused-ring (bicyclic) bond motifs is 1. The predicted molar refractivity (Wildman–Crippen MR) is 54.5 cm³/mol. The van der Waals surface area contributed by atoms with Gasteiger partial charge in [-0.05, 0) is 31.2 Å². The van der Waals surface area contributed by atoms with E-state index in [9.17, 15) is 4.39 Å². The molecule has 1 aromatic heterocycles. The molecule has 2 nitrogen and oxygen atoms in total. The van der Waals surface area contributed by atoms with Crippen molar-refractivity contribution in [1.29, 1.82) is 0 Å². The van der Waals surface area contributed by atoms with Crippen LogP contribution in [0.2, 0.25) is 0 Å². The SMILES string of the molecule is NCCc1c(F)ccc2cccnc12. The normalized spacial score (nSPS) is 10.7. The highest BCUT2D eigenvalue weighted by Gasteiger charge is 2.06. The van der Waals surface area contributed by atoms with Gasteiger partial charge in [0.15, 0.2) is 0 Å². The van der Waals surface area contributed by atoms with E-state index in [1.54, 1.807) is 12.3 Å². The molecule has 2 N–H and O–H groups in total. The zero-order chi connectivity index (χ0) is 9.97. The van der Waals surface area contributed by atoms with Gasteiger partial charge < -0.3 is 5.73 Å². The zero-order valence-electron chi connectivity index (χ0n) is 7.70. The largest absolute Gasteiger partial charge is 0.330 e. The van der Waals surface area contributed by atoms with Gasteiger partial charge in [0.25, 0.3) is 0 Å². The molecule has 0 amide bonds. The molecule has 0 aliphatic heterocycles. The Morgan fingerprint density at radius 2 is 2.14 bits per heavy atom. The highest BCUT2D eigenvalue weighted by molar-refractivity contribution is 5.81. The fourth-order valence-electron chi connectivity index (χ4n) is 1.56. The predicted octanol–water partition coefficient (Wildman–Crippen LogP) is 1.88. The smallest absolute Gasteiger partial charge is 0.128 e. The Bertz CT molecular complexity index is 454. The van der Waals surface area contributed by atoms with Gasteiger partial charge in [0.2, 0.25) is 0 Å². The van der Waals surface area contributed by atoms with E-state index in [4.69, 9.17) is 5.73 Å². The van der Waals surface area contributed by atoms with Crippen LogP contribution in [0.5, 0.6) is 0 Å². The summed E-state index contributed by atoms with van der Waals surface area (Å²) >= 11 is 0. The Labute approximate surface area is 81.6 Å². The average Bonchev–Trinajstić information content (AvgIpc) is 2.23. The van der Waals surface area contributed by atoms with Crippen LogP contribution in [0.3, 0.4) is 0 Å². The molecule has 72 valence electrons. The molecule has 0 radical (unpaired) electrons. The molecule has 3 heteroatoms. The number of nitrogens with two attached hydrogens (primary N) is 1. The number of benzene rings is 1. The van der Waals surface area contributed by atoms with Crippen molar-refractivity contribution in [3.05, 3.63) is 41.8 Å². The molecule has 2 aromatic rings. The Kier molecular flexibility index (Phi) is 2.41. The van der Waals surface area contributed by atoms with Gasteiger partial charge in [0.1, 0.15) is 5.82 Å². The maximum atomic E-state index is 13.4. The monoisotopic (exact) mass is 190 g/mol. The Morgan fingerprint density at radius 1 is 1.29 bits per heavy atom. The summed E-state index contributed by atoms with van der Waals surface area (Å²) in [6.45, 7) is 0.437. The van der Waals surface area contributed by atoms with Crippen molar-refractivity contribution in [2.75, 3.05) is 6.54 Å². The van der Waals surface area contributed by atoms with E-state index in [1.807, 2.05) is 12.1 Å². The Balaban J connectivity index is 2.69. The molecule has 0 saturated heterocycles. The van der Waals surface area contributed by atoms with Crippen molar-refractivity contribution < 1.29 is 4.39 Å². The van der Waals surface area contributed by atoms with Gasteiger partial charge in [-0.25, -0.2) is 4.39 Å². The zero-order valence-corrected chi connectivity index (χ0v) is 7.70. The van der Waals surface area contributed by atoms with E-state index in [0.717, 1.165) is 10.9 Å². The van der Waals surface area contributed by atoms with Gasteiger partial charge in [-0.3, -0.25) is 4.98 Å². The first-order valence-electron chi connectivity index (χ1n) is 4.55. The molecule has 0 aliphatic carbocycles. The molecule has 0 saturated carbocycles. The lowest BCUT2D eigenvalue weighted by Crippen LogP contribution is -2.05. The van der Waals surface area contributed by atoms with Crippen molar-refractivity contribution in [1.82, 2.24) is 4.98 Å². The van der Waals surface area contributed by atoms with E-state index >= 15 is 0 Å². The Hall–Kier alpha value is -1.48. The molecule has 1 heterocycles. The molecular formula is C11H11FN2. The molecule has 0 atom stereocenters. The summed E-state index contributed by atoms with van der Waals surface area (Å²) in [5, 5.41) is 0.956. The topological polar surface area (TPSA) is 38.9 Å². The van der Waals surface area contributed by atoms with E-state index in [0.29, 0.717) is 18.5 Å². The first-order chi connectivity index (χ1) is 6.83. The van der Waals surface area contributed by atoms with Crippen LogP contribution in [-0.4, -0.2) is 11.5 Å². The maximum Gasteiger partial charge on any atom is 0.128 e. The molecular weight excluding hydrogens is 179 g/mol. The lowest BCUT2D eigenvalue weighted by molar-refractivity contribution is 0.612. The van der Waals surface area contributed by atoms with Crippen molar-refractivity contribution in [3.63, 3.8) is 0 Å². The summed E-state index contributed by atoms with van der Waals surface area (Å²) in [6, 6.07) is 6.96. The quantitative estimate of drug-likeness (QED) is 0.785. The molecule has 0 bridgehead atoms. The van der Waals surface area contributed by atoms with Gasteiger partial charge in [0, 0.05) is 17.1 Å². The molecule has 0 unspecified atom stereocenters. The van der Waals surface area contributed by atoms with Crippen LogP contribution in [0.25, 0.3) is 10.9 Å². The van der Waals surface area contributed by atoms with Crippen molar-refractivity contribution >= 4 is 10.9 Å². The van der Waals surface area contributed by atoms with Crippen molar-refractivity contribution in [2.45, 2.75) is 6.42 Å². The molecule has 14 heavy (non-hydrogen) atoms. The third-order valence-electron chi connectivity index (χ3n) is 2.22. The summed E-state index contributed by atoms with van der Waals surface area (Å²) in [7, 11) is 0. The lowest BCUT2D eigenvalue weighted by Gasteiger charge is -2.05. The van der Waals surface area contributed by atoms with Crippen molar-refractivity contribution in [2.24, 2.45) is 5.73 Å². The first kappa shape index (κ1) is 9.09. The minimum atomic E-state index is -0.221. The van der Waals surface area contributed by atoms with Gasteiger partial charge >= 0.3 is 0 Å². The maximum absolute atomic E-state index is 13.4. The minimum absolute atomic E-state index is 0.221. The number of rotatable bonds is 2. The van der Waals surface area contributed by atoms with Gasteiger partial charge in [-0.1, -0.05) is 6.07 Å². The van der Waals surface area contributed by atoms with Gasteiger partial charge in [0.05, 0.1) is 5.52 Å². The third kappa shape index (κ3) is 1.46. The minimum Gasteiger partial charge on any atom is -0.330 e. The standard InChI is InChI=1S/C11H11FN2/c12-10-4-3-8-2-1-7-14-11(8)9(10)5-6-13/h1-4,7H,5-6,13H2. The van der Waals surface area contributed by atoms with Crippen LogP contribution in [0.15, 0.2) is 30.5 Å². The summed E-state index contributed by atoms with van der Waals surface area (Å²) in [6.07, 6.45) is 2.20.